The first-order valence-electron chi connectivity index (χ1n) is 9.99. The number of fused-ring (bicyclic) bond motifs is 1. The molecule has 0 bridgehead atoms. The Morgan fingerprint density at radius 1 is 0.968 bits per heavy atom. The third-order valence-electron chi connectivity index (χ3n) is 4.95. The zero-order valence-electron chi connectivity index (χ0n) is 17.1. The molecule has 0 aliphatic heterocycles. The van der Waals surface area contributed by atoms with Gasteiger partial charge in [-0.15, -0.1) is 0 Å². The van der Waals surface area contributed by atoms with Crippen LogP contribution in [-0.2, 0) is 11.3 Å². The highest BCUT2D eigenvalue weighted by Gasteiger charge is 2.13. The molecule has 0 spiro atoms. The largest absolute Gasteiger partial charge is 0.376 e. The van der Waals surface area contributed by atoms with E-state index in [4.69, 9.17) is 0 Å². The second kappa shape index (κ2) is 9.13. The Morgan fingerprint density at radius 2 is 1.77 bits per heavy atom. The SMILES string of the molecule is Cc1ccc(NCC(=O)Nc2ccccc2C(=O)NCc2cccc3cn[nH]c23)cc1. The van der Waals surface area contributed by atoms with Crippen LogP contribution >= 0.6 is 0 Å². The number of hydrogen-bond donors (Lipinski definition) is 4. The molecule has 0 saturated heterocycles. The highest BCUT2D eigenvalue weighted by atomic mass is 16.2. The Morgan fingerprint density at radius 3 is 2.61 bits per heavy atom. The molecule has 0 unspecified atom stereocenters. The van der Waals surface area contributed by atoms with Crippen LogP contribution in [0.15, 0.2) is 72.9 Å². The highest BCUT2D eigenvalue weighted by Crippen LogP contribution is 2.18. The fourth-order valence-corrected chi connectivity index (χ4v) is 3.29. The minimum absolute atomic E-state index is 0.0981. The van der Waals surface area contributed by atoms with Crippen molar-refractivity contribution in [1.29, 1.82) is 0 Å². The van der Waals surface area contributed by atoms with Gasteiger partial charge in [-0.3, -0.25) is 14.7 Å². The number of H-pyrrole nitrogens is 1. The lowest BCUT2D eigenvalue weighted by molar-refractivity contribution is -0.114. The number of amides is 2. The minimum atomic E-state index is -0.265. The van der Waals surface area contributed by atoms with Crippen molar-refractivity contribution in [2.45, 2.75) is 13.5 Å². The molecule has 0 fully saturated rings. The van der Waals surface area contributed by atoms with E-state index in [0.29, 0.717) is 17.8 Å². The summed E-state index contributed by atoms with van der Waals surface area (Å²) >= 11 is 0. The van der Waals surface area contributed by atoms with Crippen molar-refractivity contribution in [2.75, 3.05) is 17.2 Å². The number of carbonyl (C=O) groups is 2. The van der Waals surface area contributed by atoms with Gasteiger partial charge in [-0.05, 0) is 36.8 Å². The minimum Gasteiger partial charge on any atom is -0.376 e. The molecule has 1 aromatic heterocycles. The number of para-hydroxylation sites is 2. The van der Waals surface area contributed by atoms with Crippen LogP contribution in [0, 0.1) is 6.92 Å². The molecule has 0 aliphatic rings. The molecule has 1 heterocycles. The van der Waals surface area contributed by atoms with Gasteiger partial charge in [0.2, 0.25) is 5.91 Å². The average Bonchev–Trinajstić information content (AvgIpc) is 3.27. The molecule has 3 aromatic carbocycles. The molecule has 0 radical (unpaired) electrons. The summed E-state index contributed by atoms with van der Waals surface area (Å²) in [6.07, 6.45) is 1.75. The molecule has 156 valence electrons. The number of rotatable bonds is 7. The molecule has 2 amide bonds. The van der Waals surface area contributed by atoms with E-state index in [1.165, 1.54) is 0 Å². The van der Waals surface area contributed by atoms with Gasteiger partial charge in [-0.1, -0.05) is 48.0 Å². The predicted octanol–water partition coefficient (Wildman–Crippen LogP) is 3.85. The van der Waals surface area contributed by atoms with E-state index >= 15 is 0 Å². The molecule has 0 saturated carbocycles. The quantitative estimate of drug-likeness (QED) is 0.370. The molecular formula is C24H23N5O2. The van der Waals surface area contributed by atoms with Crippen LogP contribution in [0.3, 0.4) is 0 Å². The normalized spacial score (nSPS) is 10.6. The summed E-state index contributed by atoms with van der Waals surface area (Å²) < 4.78 is 0. The van der Waals surface area contributed by atoms with E-state index in [1.54, 1.807) is 30.5 Å². The number of aromatic nitrogens is 2. The Bertz CT molecular complexity index is 1210. The van der Waals surface area contributed by atoms with Gasteiger partial charge >= 0.3 is 0 Å². The molecule has 0 aliphatic carbocycles. The van der Waals surface area contributed by atoms with Gasteiger partial charge in [0.25, 0.3) is 5.91 Å². The lowest BCUT2D eigenvalue weighted by Crippen LogP contribution is -2.26. The van der Waals surface area contributed by atoms with Crippen molar-refractivity contribution >= 4 is 34.1 Å². The Balaban J connectivity index is 1.39. The van der Waals surface area contributed by atoms with E-state index < -0.39 is 0 Å². The summed E-state index contributed by atoms with van der Waals surface area (Å²) in [5, 5.41) is 16.8. The lowest BCUT2D eigenvalue weighted by atomic mass is 10.1. The molecule has 7 heteroatoms. The summed E-state index contributed by atoms with van der Waals surface area (Å²) in [5.41, 5.74) is 4.72. The number of aryl methyl sites for hydroxylation is 1. The first-order chi connectivity index (χ1) is 15.1. The number of anilines is 2. The first kappa shape index (κ1) is 20.2. The Hall–Kier alpha value is -4.13. The van der Waals surface area contributed by atoms with Crippen molar-refractivity contribution in [1.82, 2.24) is 15.5 Å². The number of benzene rings is 3. The van der Waals surface area contributed by atoms with Crippen LogP contribution in [-0.4, -0.2) is 28.6 Å². The highest BCUT2D eigenvalue weighted by molar-refractivity contribution is 6.04. The summed E-state index contributed by atoms with van der Waals surface area (Å²) in [5.74, 6) is -0.498. The maximum atomic E-state index is 12.8. The van der Waals surface area contributed by atoms with Crippen LogP contribution in [0.5, 0.6) is 0 Å². The number of carbonyl (C=O) groups excluding carboxylic acids is 2. The second-order valence-corrected chi connectivity index (χ2v) is 7.25. The third-order valence-corrected chi connectivity index (χ3v) is 4.95. The van der Waals surface area contributed by atoms with Crippen LogP contribution < -0.4 is 16.0 Å². The van der Waals surface area contributed by atoms with Crippen LogP contribution in [0.2, 0.25) is 0 Å². The van der Waals surface area contributed by atoms with E-state index in [1.807, 2.05) is 49.4 Å². The predicted molar refractivity (Wildman–Crippen MR) is 122 cm³/mol. The van der Waals surface area contributed by atoms with Crippen molar-refractivity contribution in [3.05, 3.63) is 89.6 Å². The number of hydrogen-bond acceptors (Lipinski definition) is 4. The lowest BCUT2D eigenvalue weighted by Gasteiger charge is -2.12. The molecule has 4 N–H and O–H groups in total. The van der Waals surface area contributed by atoms with E-state index in [-0.39, 0.29) is 18.4 Å². The standard InChI is InChI=1S/C24H23N5O2/c1-16-9-11-19(12-10-16)25-15-22(30)28-21-8-3-2-7-20(21)24(31)26-13-17-5-4-6-18-14-27-29-23(17)18/h2-12,14,25H,13,15H2,1H3,(H,26,31)(H,27,29)(H,28,30). The average molecular weight is 413 g/mol. The Labute approximate surface area is 179 Å². The van der Waals surface area contributed by atoms with Crippen LogP contribution in [0.1, 0.15) is 21.5 Å². The van der Waals surface area contributed by atoms with Gasteiger partial charge in [0, 0.05) is 17.6 Å². The van der Waals surface area contributed by atoms with E-state index in [0.717, 1.165) is 27.7 Å². The molecule has 0 atom stereocenters. The van der Waals surface area contributed by atoms with Gasteiger partial charge in [0.1, 0.15) is 0 Å². The van der Waals surface area contributed by atoms with Crippen LogP contribution in [0.25, 0.3) is 10.9 Å². The number of nitrogens with one attached hydrogen (secondary N) is 4. The van der Waals surface area contributed by atoms with Gasteiger partial charge in [0.15, 0.2) is 0 Å². The maximum absolute atomic E-state index is 12.8. The van der Waals surface area contributed by atoms with Crippen LogP contribution in [0.4, 0.5) is 11.4 Å². The maximum Gasteiger partial charge on any atom is 0.253 e. The Kier molecular flexibility index (Phi) is 5.93. The molecule has 4 rings (SSSR count). The fraction of sp³-hybridized carbons (Fsp3) is 0.125. The van der Waals surface area contributed by atoms with Crippen molar-refractivity contribution < 1.29 is 9.59 Å². The molecular weight excluding hydrogens is 390 g/mol. The van der Waals surface area contributed by atoms with Crippen molar-refractivity contribution in [3.8, 4) is 0 Å². The zero-order valence-corrected chi connectivity index (χ0v) is 17.1. The zero-order chi connectivity index (χ0) is 21.6. The summed E-state index contributed by atoms with van der Waals surface area (Å²) in [7, 11) is 0. The summed E-state index contributed by atoms with van der Waals surface area (Å²) in [6, 6.07) is 20.6. The summed E-state index contributed by atoms with van der Waals surface area (Å²) in [4.78, 5) is 25.2. The van der Waals surface area contributed by atoms with E-state index in [2.05, 4.69) is 26.1 Å². The smallest absolute Gasteiger partial charge is 0.253 e. The van der Waals surface area contributed by atoms with Gasteiger partial charge in [-0.25, -0.2) is 0 Å². The monoisotopic (exact) mass is 413 g/mol. The van der Waals surface area contributed by atoms with Gasteiger partial charge in [-0.2, -0.15) is 5.10 Å². The molecule has 31 heavy (non-hydrogen) atoms. The van der Waals surface area contributed by atoms with E-state index in [9.17, 15) is 9.59 Å². The molecule has 7 nitrogen and oxygen atoms in total. The third kappa shape index (κ3) is 4.90. The van der Waals surface area contributed by atoms with Gasteiger partial charge < -0.3 is 16.0 Å². The summed E-state index contributed by atoms with van der Waals surface area (Å²) in [6.45, 7) is 2.45. The van der Waals surface area contributed by atoms with Crippen molar-refractivity contribution in [3.63, 3.8) is 0 Å². The first-order valence-corrected chi connectivity index (χ1v) is 9.99. The fourth-order valence-electron chi connectivity index (χ4n) is 3.29. The number of nitrogens with zero attached hydrogens (tertiary/aromatic N) is 1. The second-order valence-electron chi connectivity index (χ2n) is 7.25. The molecule has 4 aromatic rings. The number of aromatic amines is 1. The van der Waals surface area contributed by atoms with Crippen molar-refractivity contribution in [2.24, 2.45) is 0 Å². The topological polar surface area (TPSA) is 98.9 Å². The van der Waals surface area contributed by atoms with Gasteiger partial charge in [0.05, 0.1) is 29.5 Å².